The summed E-state index contributed by atoms with van der Waals surface area (Å²) in [6, 6.07) is 6.40. The van der Waals surface area contributed by atoms with Gasteiger partial charge in [0.2, 0.25) is 0 Å². The van der Waals surface area contributed by atoms with Gasteiger partial charge in [-0.2, -0.15) is 0 Å². The molecule has 2 N–H and O–H groups in total. The summed E-state index contributed by atoms with van der Waals surface area (Å²) in [6.07, 6.45) is 6.55. The highest BCUT2D eigenvalue weighted by Gasteiger charge is 2.18. The van der Waals surface area contributed by atoms with E-state index in [4.69, 9.17) is 5.73 Å². The molecule has 0 radical (unpaired) electrons. The van der Waals surface area contributed by atoms with Gasteiger partial charge in [0.15, 0.2) is 0 Å². The molecule has 2 heteroatoms. The molecule has 0 bridgehead atoms. The zero-order chi connectivity index (χ0) is 13.7. The van der Waals surface area contributed by atoms with E-state index in [1.165, 1.54) is 56.3 Å². The highest BCUT2D eigenvalue weighted by molar-refractivity contribution is 5.45. The van der Waals surface area contributed by atoms with Crippen molar-refractivity contribution in [3.63, 3.8) is 0 Å². The largest absolute Gasteiger partial charge is 0.399 e. The molecule has 0 amide bonds. The highest BCUT2D eigenvalue weighted by atomic mass is 15.1. The number of fused-ring (bicyclic) bond motifs is 1. The molecule has 1 unspecified atom stereocenters. The van der Waals surface area contributed by atoms with Crippen LogP contribution < -0.4 is 5.73 Å². The van der Waals surface area contributed by atoms with Crippen molar-refractivity contribution >= 4 is 5.69 Å². The molecular formula is C17H28N2. The maximum Gasteiger partial charge on any atom is 0.0317 e. The molecule has 0 saturated carbocycles. The van der Waals surface area contributed by atoms with E-state index in [2.05, 4.69) is 30.9 Å². The van der Waals surface area contributed by atoms with Crippen LogP contribution in [-0.4, -0.2) is 18.0 Å². The van der Waals surface area contributed by atoms with Gasteiger partial charge in [0.25, 0.3) is 0 Å². The lowest BCUT2D eigenvalue weighted by Crippen LogP contribution is -2.34. The number of hydrogen-bond acceptors (Lipinski definition) is 2. The molecule has 1 aliphatic rings. The average Bonchev–Trinajstić information content (AvgIpc) is 2.43. The predicted molar refractivity (Wildman–Crippen MR) is 83.1 cm³/mol. The third-order valence-electron chi connectivity index (χ3n) is 4.38. The number of unbranched alkanes of at least 4 members (excludes halogenated alkanes) is 1. The zero-order valence-corrected chi connectivity index (χ0v) is 12.5. The third-order valence-corrected chi connectivity index (χ3v) is 4.38. The van der Waals surface area contributed by atoms with Gasteiger partial charge in [0, 0.05) is 25.3 Å². The van der Waals surface area contributed by atoms with Gasteiger partial charge in [0.05, 0.1) is 0 Å². The van der Waals surface area contributed by atoms with Crippen LogP contribution in [0.5, 0.6) is 0 Å². The number of benzene rings is 1. The van der Waals surface area contributed by atoms with E-state index in [1.54, 1.807) is 0 Å². The second-order valence-electron chi connectivity index (χ2n) is 5.93. The average molecular weight is 260 g/mol. The van der Waals surface area contributed by atoms with E-state index < -0.39 is 0 Å². The fraction of sp³-hybridized carbons (Fsp3) is 0.647. The first-order valence-corrected chi connectivity index (χ1v) is 7.82. The molecule has 1 aromatic carbocycles. The van der Waals surface area contributed by atoms with Crippen LogP contribution in [0.2, 0.25) is 0 Å². The summed E-state index contributed by atoms with van der Waals surface area (Å²) in [5, 5.41) is 0. The number of rotatable bonds is 6. The monoisotopic (exact) mass is 260 g/mol. The lowest BCUT2D eigenvalue weighted by Gasteiger charge is -2.31. The Morgan fingerprint density at radius 3 is 2.84 bits per heavy atom. The molecule has 0 aromatic heterocycles. The Hall–Kier alpha value is -1.02. The maximum atomic E-state index is 5.90. The second-order valence-corrected chi connectivity index (χ2v) is 5.93. The van der Waals surface area contributed by atoms with Crippen molar-refractivity contribution in [3.05, 3.63) is 29.3 Å². The van der Waals surface area contributed by atoms with Crippen LogP contribution >= 0.6 is 0 Å². The van der Waals surface area contributed by atoms with Crippen molar-refractivity contribution in [3.8, 4) is 0 Å². The Balaban J connectivity index is 1.93. The summed E-state index contributed by atoms with van der Waals surface area (Å²) >= 11 is 0. The van der Waals surface area contributed by atoms with Gasteiger partial charge < -0.3 is 5.73 Å². The maximum absolute atomic E-state index is 5.90. The first-order chi connectivity index (χ1) is 9.22. The van der Waals surface area contributed by atoms with Crippen molar-refractivity contribution in [2.24, 2.45) is 5.92 Å². The Morgan fingerprint density at radius 1 is 1.26 bits per heavy atom. The second kappa shape index (κ2) is 6.95. The molecular weight excluding hydrogens is 232 g/mol. The highest BCUT2D eigenvalue weighted by Crippen LogP contribution is 2.23. The van der Waals surface area contributed by atoms with Crippen LogP contribution in [0.15, 0.2) is 18.2 Å². The number of nitrogens with two attached hydrogens (primary N) is 1. The first kappa shape index (κ1) is 14.4. The molecule has 1 heterocycles. The van der Waals surface area contributed by atoms with E-state index in [-0.39, 0.29) is 0 Å². The SMILES string of the molecule is CCCCC(CC)CN1CCc2ccc(N)cc2C1. The normalized spacial score (nSPS) is 17.2. The van der Waals surface area contributed by atoms with Crippen molar-refractivity contribution < 1.29 is 0 Å². The Morgan fingerprint density at radius 2 is 2.11 bits per heavy atom. The molecule has 2 rings (SSSR count). The summed E-state index contributed by atoms with van der Waals surface area (Å²) < 4.78 is 0. The van der Waals surface area contributed by atoms with Gasteiger partial charge in [-0.1, -0.05) is 39.2 Å². The molecule has 106 valence electrons. The summed E-state index contributed by atoms with van der Waals surface area (Å²) in [4.78, 5) is 2.62. The molecule has 0 fully saturated rings. The summed E-state index contributed by atoms with van der Waals surface area (Å²) in [5.74, 6) is 0.863. The van der Waals surface area contributed by atoms with Crippen LogP contribution in [0.4, 0.5) is 5.69 Å². The minimum atomic E-state index is 0.863. The van der Waals surface area contributed by atoms with Crippen LogP contribution in [0.3, 0.4) is 0 Å². The first-order valence-electron chi connectivity index (χ1n) is 7.82. The zero-order valence-electron chi connectivity index (χ0n) is 12.5. The van der Waals surface area contributed by atoms with E-state index >= 15 is 0 Å². The van der Waals surface area contributed by atoms with Gasteiger partial charge in [-0.3, -0.25) is 4.90 Å². The van der Waals surface area contributed by atoms with Crippen molar-refractivity contribution in [2.75, 3.05) is 18.8 Å². The lowest BCUT2D eigenvalue weighted by molar-refractivity contribution is 0.203. The molecule has 0 aliphatic carbocycles. The Bertz CT molecular complexity index is 400. The lowest BCUT2D eigenvalue weighted by atomic mass is 9.95. The van der Waals surface area contributed by atoms with Crippen molar-refractivity contribution in [1.29, 1.82) is 0 Å². The van der Waals surface area contributed by atoms with Crippen molar-refractivity contribution in [1.82, 2.24) is 4.90 Å². The molecule has 2 nitrogen and oxygen atoms in total. The molecule has 1 aliphatic heterocycles. The summed E-state index contributed by atoms with van der Waals surface area (Å²) in [5.41, 5.74) is 9.74. The third kappa shape index (κ3) is 3.97. The topological polar surface area (TPSA) is 29.3 Å². The predicted octanol–water partition coefficient (Wildman–Crippen LogP) is 3.84. The molecule has 1 aromatic rings. The van der Waals surface area contributed by atoms with Gasteiger partial charge in [0.1, 0.15) is 0 Å². The number of hydrogen-bond donors (Lipinski definition) is 1. The summed E-state index contributed by atoms with van der Waals surface area (Å²) in [7, 11) is 0. The fourth-order valence-corrected chi connectivity index (χ4v) is 3.07. The van der Waals surface area contributed by atoms with E-state index in [1.807, 2.05) is 6.07 Å². The quantitative estimate of drug-likeness (QED) is 0.787. The van der Waals surface area contributed by atoms with Gasteiger partial charge in [-0.25, -0.2) is 0 Å². The number of nitrogen functional groups attached to an aromatic ring is 1. The molecule has 1 atom stereocenters. The summed E-state index contributed by atoms with van der Waals surface area (Å²) in [6.45, 7) is 8.16. The van der Waals surface area contributed by atoms with Crippen molar-refractivity contribution in [2.45, 2.75) is 52.5 Å². The van der Waals surface area contributed by atoms with Crippen LogP contribution in [0.1, 0.15) is 50.7 Å². The minimum Gasteiger partial charge on any atom is -0.399 e. The van der Waals surface area contributed by atoms with E-state index in [0.717, 1.165) is 18.2 Å². The Kier molecular flexibility index (Phi) is 5.26. The van der Waals surface area contributed by atoms with E-state index in [9.17, 15) is 0 Å². The van der Waals surface area contributed by atoms with Gasteiger partial charge in [-0.05, 0) is 42.0 Å². The standard InChI is InChI=1S/C17H28N2/c1-3-5-6-14(4-2)12-19-10-9-15-7-8-17(18)11-16(15)13-19/h7-8,11,14H,3-6,9-10,12-13,18H2,1-2H3. The van der Waals surface area contributed by atoms with Gasteiger partial charge in [-0.15, -0.1) is 0 Å². The van der Waals surface area contributed by atoms with Crippen LogP contribution in [0.25, 0.3) is 0 Å². The minimum absolute atomic E-state index is 0.863. The van der Waals surface area contributed by atoms with E-state index in [0.29, 0.717) is 0 Å². The number of anilines is 1. The number of nitrogens with zero attached hydrogens (tertiary/aromatic N) is 1. The molecule has 0 saturated heterocycles. The smallest absolute Gasteiger partial charge is 0.0317 e. The Labute approximate surface area is 118 Å². The van der Waals surface area contributed by atoms with Crippen LogP contribution in [0, 0.1) is 5.92 Å². The van der Waals surface area contributed by atoms with Crippen LogP contribution in [-0.2, 0) is 13.0 Å². The molecule has 19 heavy (non-hydrogen) atoms. The molecule has 0 spiro atoms. The fourth-order valence-electron chi connectivity index (χ4n) is 3.07. The van der Waals surface area contributed by atoms with Gasteiger partial charge >= 0.3 is 0 Å².